The van der Waals surface area contributed by atoms with Gasteiger partial charge in [-0.05, 0) is 57.1 Å². The molecule has 32 heavy (non-hydrogen) atoms. The molecule has 2 heterocycles. The highest BCUT2D eigenvalue weighted by Gasteiger charge is 2.36. The van der Waals surface area contributed by atoms with Gasteiger partial charge in [-0.25, -0.2) is 0 Å². The molecule has 1 N–H and O–H groups in total. The average molecular weight is 559 g/mol. The lowest BCUT2D eigenvalue weighted by Crippen LogP contribution is -2.56. The van der Waals surface area contributed by atoms with E-state index < -0.39 is 0 Å². The Morgan fingerprint density at radius 3 is 2.72 bits per heavy atom. The van der Waals surface area contributed by atoms with E-state index in [0.29, 0.717) is 19.3 Å². The second-order valence-electron chi connectivity index (χ2n) is 8.71. The first-order valence-electron chi connectivity index (χ1n) is 12.2. The summed E-state index contributed by atoms with van der Waals surface area (Å²) in [5.74, 6) is 1.84. The van der Waals surface area contributed by atoms with Crippen LogP contribution in [0, 0.1) is 5.92 Å². The molecule has 182 valence electrons. The fraction of sp³-hybridized carbons (Fsp3) is 0.720. The van der Waals surface area contributed by atoms with Crippen LogP contribution in [0.3, 0.4) is 0 Å². The number of ether oxygens (including phenoxy) is 2. The fourth-order valence-corrected chi connectivity index (χ4v) is 4.88. The van der Waals surface area contributed by atoms with Crippen LogP contribution in [0.25, 0.3) is 0 Å². The van der Waals surface area contributed by atoms with Crippen LogP contribution in [0.2, 0.25) is 0 Å². The number of hydrogen-bond acceptors (Lipinski definition) is 4. The molecule has 7 heteroatoms. The molecule has 2 atom stereocenters. The number of unbranched alkanes of at least 4 members (excludes halogenated alkanes) is 1. The Bertz CT molecular complexity index is 646. The van der Waals surface area contributed by atoms with Crippen LogP contribution in [0.5, 0.6) is 0 Å². The number of methoxy groups -OCH3 is 1. The molecule has 3 rings (SSSR count). The monoisotopic (exact) mass is 558 g/mol. The van der Waals surface area contributed by atoms with Gasteiger partial charge in [-0.15, -0.1) is 24.0 Å². The SMILES string of the molecule is CCNC(=NCCCCOCCOC)N1CCC2C(CCCN2Cc2ccccc2)C1.I. The number of piperidine rings is 2. The second kappa shape index (κ2) is 15.9. The predicted octanol–water partition coefficient (Wildman–Crippen LogP) is 4.00. The van der Waals surface area contributed by atoms with E-state index in [1.807, 2.05) is 0 Å². The Labute approximate surface area is 212 Å². The molecule has 0 aliphatic carbocycles. The molecule has 0 amide bonds. The number of halogens is 1. The van der Waals surface area contributed by atoms with Gasteiger partial charge >= 0.3 is 0 Å². The van der Waals surface area contributed by atoms with Crippen molar-refractivity contribution >= 4 is 29.9 Å². The van der Waals surface area contributed by atoms with E-state index in [9.17, 15) is 0 Å². The third-order valence-electron chi connectivity index (χ3n) is 6.44. The minimum absolute atomic E-state index is 0. The highest BCUT2D eigenvalue weighted by molar-refractivity contribution is 14.0. The molecule has 2 aliphatic rings. The summed E-state index contributed by atoms with van der Waals surface area (Å²) in [4.78, 5) is 10.2. The van der Waals surface area contributed by atoms with E-state index in [0.717, 1.165) is 64.0 Å². The minimum Gasteiger partial charge on any atom is -0.382 e. The molecule has 1 aromatic rings. The molecule has 2 unspecified atom stereocenters. The quantitative estimate of drug-likeness (QED) is 0.193. The van der Waals surface area contributed by atoms with Crippen LogP contribution < -0.4 is 5.32 Å². The van der Waals surface area contributed by atoms with Crippen molar-refractivity contribution in [3.05, 3.63) is 35.9 Å². The minimum atomic E-state index is 0. The Morgan fingerprint density at radius 2 is 1.94 bits per heavy atom. The van der Waals surface area contributed by atoms with Crippen LogP contribution in [0.4, 0.5) is 0 Å². The van der Waals surface area contributed by atoms with Crippen molar-refractivity contribution < 1.29 is 9.47 Å². The lowest BCUT2D eigenvalue weighted by molar-refractivity contribution is 0.0372. The molecular weight excluding hydrogens is 515 g/mol. The summed E-state index contributed by atoms with van der Waals surface area (Å²) >= 11 is 0. The summed E-state index contributed by atoms with van der Waals surface area (Å²) < 4.78 is 10.6. The number of fused-ring (bicyclic) bond motifs is 1. The van der Waals surface area contributed by atoms with Gasteiger partial charge in [0.1, 0.15) is 0 Å². The van der Waals surface area contributed by atoms with Crippen molar-refractivity contribution in [1.82, 2.24) is 15.1 Å². The van der Waals surface area contributed by atoms with Crippen LogP contribution in [-0.4, -0.2) is 81.5 Å². The van der Waals surface area contributed by atoms with E-state index in [-0.39, 0.29) is 24.0 Å². The molecular formula is C25H43IN4O2. The summed E-state index contributed by atoms with van der Waals surface area (Å²) in [6.45, 7) is 10.6. The number of aliphatic imine (C=N–C) groups is 1. The average Bonchev–Trinajstić information content (AvgIpc) is 2.80. The molecule has 2 fully saturated rings. The zero-order chi connectivity index (χ0) is 21.7. The molecule has 0 saturated carbocycles. The second-order valence-corrected chi connectivity index (χ2v) is 8.71. The number of nitrogens with zero attached hydrogens (tertiary/aromatic N) is 3. The summed E-state index contributed by atoms with van der Waals surface area (Å²) in [6.07, 6.45) is 5.98. The fourth-order valence-electron chi connectivity index (χ4n) is 4.88. The van der Waals surface area contributed by atoms with Gasteiger partial charge in [0.25, 0.3) is 0 Å². The number of likely N-dealkylation sites (tertiary alicyclic amines) is 2. The number of hydrogen-bond donors (Lipinski definition) is 1. The first-order valence-corrected chi connectivity index (χ1v) is 12.2. The molecule has 6 nitrogen and oxygen atoms in total. The van der Waals surface area contributed by atoms with E-state index >= 15 is 0 Å². The van der Waals surface area contributed by atoms with Crippen LogP contribution >= 0.6 is 24.0 Å². The highest BCUT2D eigenvalue weighted by Crippen LogP contribution is 2.31. The van der Waals surface area contributed by atoms with Crippen molar-refractivity contribution in [2.24, 2.45) is 10.9 Å². The molecule has 1 aromatic carbocycles. The lowest BCUT2D eigenvalue weighted by Gasteiger charge is -2.48. The summed E-state index contributed by atoms with van der Waals surface area (Å²) in [5.41, 5.74) is 1.44. The number of rotatable bonds is 11. The zero-order valence-electron chi connectivity index (χ0n) is 20.0. The molecule has 2 aliphatic heterocycles. The van der Waals surface area contributed by atoms with Crippen molar-refractivity contribution in [3.63, 3.8) is 0 Å². The zero-order valence-corrected chi connectivity index (χ0v) is 22.3. The normalized spacial score (nSPS) is 21.7. The van der Waals surface area contributed by atoms with E-state index in [1.165, 1.54) is 31.4 Å². The molecule has 0 bridgehead atoms. The van der Waals surface area contributed by atoms with Gasteiger partial charge in [0.15, 0.2) is 5.96 Å². The largest absolute Gasteiger partial charge is 0.382 e. The van der Waals surface area contributed by atoms with Gasteiger partial charge in [0.05, 0.1) is 13.2 Å². The maximum absolute atomic E-state index is 5.55. The third kappa shape index (κ3) is 8.80. The first-order chi connectivity index (χ1) is 15.3. The van der Waals surface area contributed by atoms with E-state index in [4.69, 9.17) is 14.5 Å². The Hall–Kier alpha value is -0.900. The van der Waals surface area contributed by atoms with Crippen molar-refractivity contribution in [1.29, 1.82) is 0 Å². The van der Waals surface area contributed by atoms with Crippen molar-refractivity contribution in [2.45, 2.75) is 51.6 Å². The smallest absolute Gasteiger partial charge is 0.193 e. The van der Waals surface area contributed by atoms with Gasteiger partial charge < -0.3 is 19.7 Å². The maximum atomic E-state index is 5.55. The van der Waals surface area contributed by atoms with Crippen LogP contribution in [0.15, 0.2) is 35.3 Å². The topological polar surface area (TPSA) is 49.3 Å². The summed E-state index contributed by atoms with van der Waals surface area (Å²) in [6, 6.07) is 11.7. The summed E-state index contributed by atoms with van der Waals surface area (Å²) in [7, 11) is 1.71. The molecule has 0 radical (unpaired) electrons. The molecule has 0 aromatic heterocycles. The maximum Gasteiger partial charge on any atom is 0.193 e. The van der Waals surface area contributed by atoms with Gasteiger partial charge in [-0.1, -0.05) is 30.3 Å². The Morgan fingerprint density at radius 1 is 1.09 bits per heavy atom. The Balaban J connectivity index is 0.00000363. The van der Waals surface area contributed by atoms with Crippen molar-refractivity contribution in [2.75, 3.05) is 59.7 Å². The molecule has 2 saturated heterocycles. The lowest BCUT2D eigenvalue weighted by atomic mass is 9.83. The van der Waals surface area contributed by atoms with E-state index in [2.05, 4.69) is 52.4 Å². The van der Waals surface area contributed by atoms with E-state index in [1.54, 1.807) is 7.11 Å². The van der Waals surface area contributed by atoms with Gasteiger partial charge in [0, 0.05) is 52.5 Å². The standard InChI is InChI=1S/C25H42N4O2.HI/c1-3-26-25(27-14-7-8-17-31-19-18-30-2)29-16-13-24-23(21-29)12-9-15-28(24)20-22-10-5-4-6-11-22;/h4-6,10-11,23-24H,3,7-9,12-21H2,1-2H3,(H,26,27);1H. The van der Waals surface area contributed by atoms with Crippen LogP contribution in [0.1, 0.15) is 44.6 Å². The summed E-state index contributed by atoms with van der Waals surface area (Å²) in [5, 5.41) is 3.53. The van der Waals surface area contributed by atoms with Crippen LogP contribution in [-0.2, 0) is 16.0 Å². The highest BCUT2D eigenvalue weighted by atomic mass is 127. The first kappa shape index (κ1) is 27.3. The van der Waals surface area contributed by atoms with Gasteiger partial charge in [-0.3, -0.25) is 9.89 Å². The molecule has 0 spiro atoms. The predicted molar refractivity (Wildman–Crippen MR) is 143 cm³/mol. The number of benzene rings is 1. The van der Waals surface area contributed by atoms with Crippen molar-refractivity contribution in [3.8, 4) is 0 Å². The third-order valence-corrected chi connectivity index (χ3v) is 6.44. The van der Waals surface area contributed by atoms with Gasteiger partial charge in [0.2, 0.25) is 0 Å². The number of guanidine groups is 1. The number of nitrogens with one attached hydrogen (secondary N) is 1. The Kier molecular flexibility index (Phi) is 13.5. The van der Waals surface area contributed by atoms with Gasteiger partial charge in [-0.2, -0.15) is 0 Å².